The minimum Gasteiger partial charge on any atom is -0.384 e. The lowest BCUT2D eigenvalue weighted by Gasteiger charge is -2.09. The molecule has 1 aromatic carbocycles. The van der Waals surface area contributed by atoms with Gasteiger partial charge in [0.05, 0.1) is 4.92 Å². The third-order valence-electron chi connectivity index (χ3n) is 2.94. The minimum atomic E-state index is -0.374. The second-order valence-corrected chi connectivity index (χ2v) is 5.30. The molecular formula is C13H15BrN4O2. The molecular weight excluding hydrogens is 324 g/mol. The molecule has 2 N–H and O–H groups in total. The Kier molecular flexibility index (Phi) is 4.73. The van der Waals surface area contributed by atoms with Crippen LogP contribution in [0.3, 0.4) is 0 Å². The van der Waals surface area contributed by atoms with Gasteiger partial charge < -0.3 is 10.3 Å². The van der Waals surface area contributed by atoms with Gasteiger partial charge in [0.1, 0.15) is 5.82 Å². The number of nitrogens with one attached hydrogen (secondary N) is 2. The van der Waals surface area contributed by atoms with E-state index in [0.29, 0.717) is 10.0 Å². The zero-order chi connectivity index (χ0) is 14.5. The molecule has 0 aliphatic heterocycles. The number of benzene rings is 1. The summed E-state index contributed by atoms with van der Waals surface area (Å²) in [5.74, 6) is 0.964. The minimum absolute atomic E-state index is 0.123. The molecule has 2 rings (SSSR count). The Labute approximate surface area is 124 Å². The van der Waals surface area contributed by atoms with Crippen molar-refractivity contribution in [3.8, 4) is 0 Å². The Morgan fingerprint density at radius 2 is 2.30 bits per heavy atom. The van der Waals surface area contributed by atoms with E-state index in [0.717, 1.165) is 30.9 Å². The van der Waals surface area contributed by atoms with Gasteiger partial charge in [0.25, 0.3) is 5.69 Å². The molecule has 6 nitrogen and oxygen atoms in total. The maximum Gasteiger partial charge on any atom is 0.273 e. The molecule has 0 fully saturated rings. The zero-order valence-corrected chi connectivity index (χ0v) is 12.6. The Balaban J connectivity index is 1.92. The van der Waals surface area contributed by atoms with Gasteiger partial charge in [0.15, 0.2) is 0 Å². The van der Waals surface area contributed by atoms with E-state index in [1.807, 2.05) is 0 Å². The summed E-state index contributed by atoms with van der Waals surface area (Å²) >= 11 is 3.35. The molecule has 0 aliphatic rings. The Morgan fingerprint density at radius 1 is 1.50 bits per heavy atom. The molecule has 7 heteroatoms. The molecule has 0 amide bonds. The molecule has 1 heterocycles. The number of hydrogen-bond acceptors (Lipinski definition) is 4. The lowest BCUT2D eigenvalue weighted by molar-refractivity contribution is -0.385. The van der Waals surface area contributed by atoms with Crippen molar-refractivity contribution >= 4 is 27.3 Å². The Bertz CT molecular complexity index is 599. The lowest BCUT2D eigenvalue weighted by atomic mass is 10.2. The second kappa shape index (κ2) is 6.51. The van der Waals surface area contributed by atoms with E-state index < -0.39 is 0 Å². The monoisotopic (exact) mass is 338 g/mol. The smallest absolute Gasteiger partial charge is 0.273 e. The van der Waals surface area contributed by atoms with Crippen LogP contribution in [0, 0.1) is 17.0 Å². The fourth-order valence-electron chi connectivity index (χ4n) is 1.92. The van der Waals surface area contributed by atoms with Crippen LogP contribution in [0.25, 0.3) is 0 Å². The van der Waals surface area contributed by atoms with Crippen molar-refractivity contribution < 1.29 is 4.92 Å². The average molecular weight is 339 g/mol. The number of imidazole rings is 1. The summed E-state index contributed by atoms with van der Waals surface area (Å²) in [7, 11) is 0. The van der Waals surface area contributed by atoms with Gasteiger partial charge in [0, 0.05) is 47.1 Å². The maximum atomic E-state index is 10.8. The van der Waals surface area contributed by atoms with E-state index in [-0.39, 0.29) is 10.6 Å². The number of aromatic amines is 1. The summed E-state index contributed by atoms with van der Waals surface area (Å²) in [6, 6.07) is 3.32. The van der Waals surface area contributed by atoms with Gasteiger partial charge in [0.2, 0.25) is 0 Å². The number of aryl methyl sites for hydroxylation is 2. The van der Waals surface area contributed by atoms with Gasteiger partial charge >= 0.3 is 0 Å². The van der Waals surface area contributed by atoms with Gasteiger partial charge in [-0.3, -0.25) is 10.1 Å². The molecule has 0 atom stereocenters. The zero-order valence-electron chi connectivity index (χ0n) is 11.0. The van der Waals surface area contributed by atoms with Crippen LogP contribution in [0.5, 0.6) is 0 Å². The molecule has 0 spiro atoms. The van der Waals surface area contributed by atoms with Crippen LogP contribution in [-0.4, -0.2) is 21.4 Å². The third kappa shape index (κ3) is 3.57. The van der Waals surface area contributed by atoms with Crippen molar-refractivity contribution in [3.05, 3.63) is 50.5 Å². The maximum absolute atomic E-state index is 10.8. The number of aromatic nitrogens is 2. The van der Waals surface area contributed by atoms with Gasteiger partial charge in [-0.15, -0.1) is 0 Å². The molecule has 0 bridgehead atoms. The number of nitro groups is 1. The van der Waals surface area contributed by atoms with Gasteiger partial charge in [-0.05, 0) is 35.3 Å². The number of hydrogen-bond donors (Lipinski definition) is 2. The molecule has 106 valence electrons. The average Bonchev–Trinajstić information content (AvgIpc) is 2.90. The lowest BCUT2D eigenvalue weighted by Crippen LogP contribution is -2.05. The quantitative estimate of drug-likeness (QED) is 0.480. The van der Waals surface area contributed by atoms with Crippen molar-refractivity contribution in [2.45, 2.75) is 19.8 Å². The highest BCUT2D eigenvalue weighted by Gasteiger charge is 2.13. The van der Waals surface area contributed by atoms with Crippen molar-refractivity contribution in [3.63, 3.8) is 0 Å². The number of H-pyrrole nitrogens is 1. The molecule has 0 saturated carbocycles. The van der Waals surface area contributed by atoms with E-state index >= 15 is 0 Å². The number of rotatable bonds is 6. The van der Waals surface area contributed by atoms with Crippen LogP contribution in [0.1, 0.15) is 17.8 Å². The second-order valence-electron chi connectivity index (χ2n) is 4.44. The largest absolute Gasteiger partial charge is 0.384 e. The molecule has 20 heavy (non-hydrogen) atoms. The van der Waals surface area contributed by atoms with Crippen molar-refractivity contribution in [1.29, 1.82) is 0 Å². The van der Waals surface area contributed by atoms with Crippen molar-refractivity contribution in [2.24, 2.45) is 0 Å². The number of anilines is 1. The highest BCUT2D eigenvalue weighted by atomic mass is 79.9. The fourth-order valence-corrected chi connectivity index (χ4v) is 2.39. The first-order chi connectivity index (χ1) is 9.58. The molecule has 1 aromatic heterocycles. The van der Waals surface area contributed by atoms with E-state index in [2.05, 4.69) is 31.2 Å². The van der Waals surface area contributed by atoms with Crippen LogP contribution in [0.2, 0.25) is 0 Å². The van der Waals surface area contributed by atoms with Crippen LogP contribution in [-0.2, 0) is 6.42 Å². The summed E-state index contributed by atoms with van der Waals surface area (Å²) in [4.78, 5) is 17.7. The van der Waals surface area contributed by atoms with E-state index in [1.54, 1.807) is 25.4 Å². The van der Waals surface area contributed by atoms with E-state index in [1.165, 1.54) is 6.07 Å². The summed E-state index contributed by atoms with van der Waals surface area (Å²) < 4.78 is 0.702. The molecule has 0 aliphatic carbocycles. The van der Waals surface area contributed by atoms with Crippen LogP contribution >= 0.6 is 15.9 Å². The highest BCUT2D eigenvalue weighted by molar-refractivity contribution is 9.10. The Morgan fingerprint density at radius 3 is 2.95 bits per heavy atom. The molecule has 0 radical (unpaired) electrons. The fraction of sp³-hybridized carbons (Fsp3) is 0.308. The highest BCUT2D eigenvalue weighted by Crippen LogP contribution is 2.30. The van der Waals surface area contributed by atoms with E-state index in [4.69, 9.17) is 0 Å². The van der Waals surface area contributed by atoms with Crippen LogP contribution < -0.4 is 5.32 Å². The van der Waals surface area contributed by atoms with E-state index in [9.17, 15) is 10.1 Å². The number of nitrogens with zero attached hydrogens (tertiary/aromatic N) is 2. The first-order valence-electron chi connectivity index (χ1n) is 6.24. The molecule has 2 aromatic rings. The number of nitro benzene ring substituents is 1. The van der Waals surface area contributed by atoms with Gasteiger partial charge in [-0.1, -0.05) is 0 Å². The summed E-state index contributed by atoms with van der Waals surface area (Å²) in [5, 5.41) is 14.1. The first kappa shape index (κ1) is 14.5. The van der Waals surface area contributed by atoms with Gasteiger partial charge in [-0.25, -0.2) is 4.98 Å². The predicted octanol–water partition coefficient (Wildman–Crippen LogP) is 3.43. The first-order valence-corrected chi connectivity index (χ1v) is 7.04. The summed E-state index contributed by atoms with van der Waals surface area (Å²) in [6.07, 6.45) is 5.33. The standard InChI is InChI=1S/C13H15BrN4O2/c1-9-7-11(10(14)8-12(9)18(19)20)15-4-2-3-13-16-5-6-17-13/h5-8,15H,2-4H2,1H3,(H,16,17). The third-order valence-corrected chi connectivity index (χ3v) is 3.60. The summed E-state index contributed by atoms with van der Waals surface area (Å²) in [6.45, 7) is 2.51. The Hall–Kier alpha value is -1.89. The van der Waals surface area contributed by atoms with Crippen LogP contribution in [0.15, 0.2) is 29.0 Å². The normalized spacial score (nSPS) is 10.5. The summed E-state index contributed by atoms with van der Waals surface area (Å²) in [5.41, 5.74) is 1.64. The van der Waals surface area contributed by atoms with Crippen molar-refractivity contribution in [2.75, 3.05) is 11.9 Å². The predicted molar refractivity (Wildman–Crippen MR) is 80.9 cm³/mol. The number of halogens is 1. The van der Waals surface area contributed by atoms with Crippen molar-refractivity contribution in [1.82, 2.24) is 9.97 Å². The van der Waals surface area contributed by atoms with Crippen LogP contribution in [0.4, 0.5) is 11.4 Å². The van der Waals surface area contributed by atoms with Gasteiger partial charge in [-0.2, -0.15) is 0 Å². The topological polar surface area (TPSA) is 83.8 Å². The molecule has 0 saturated heterocycles. The SMILES string of the molecule is Cc1cc(NCCCc2ncc[nH]2)c(Br)cc1[N+](=O)[O-]. The molecule has 0 unspecified atom stereocenters.